The molecule has 0 radical (unpaired) electrons. The van der Waals surface area contributed by atoms with E-state index in [1.807, 2.05) is 19.9 Å². The third-order valence-corrected chi connectivity index (χ3v) is 4.00. The Balaban J connectivity index is 3.07. The molecule has 0 fully saturated rings. The van der Waals surface area contributed by atoms with Crippen molar-refractivity contribution in [2.24, 2.45) is 5.92 Å². The average Bonchev–Trinajstić information content (AvgIpc) is 2.62. The Bertz CT molecular complexity index is 587. The van der Waals surface area contributed by atoms with E-state index in [4.69, 9.17) is 14.7 Å². The van der Waals surface area contributed by atoms with Crippen LogP contribution >= 0.6 is 0 Å². The van der Waals surface area contributed by atoms with Crippen molar-refractivity contribution in [3.8, 4) is 6.07 Å². The first-order valence-electron chi connectivity index (χ1n) is 9.00. The van der Waals surface area contributed by atoms with Gasteiger partial charge in [0.05, 0.1) is 19.3 Å². The fourth-order valence-electron chi connectivity index (χ4n) is 2.47. The number of nitrogens with zero attached hydrogens (tertiary/aromatic N) is 1. The lowest BCUT2D eigenvalue weighted by Crippen LogP contribution is -2.34. The summed E-state index contributed by atoms with van der Waals surface area (Å²) in [5.74, 6) is -3.83. The Morgan fingerprint density at radius 3 is 1.96 bits per heavy atom. The van der Waals surface area contributed by atoms with Gasteiger partial charge in [-0.1, -0.05) is 38.8 Å². The minimum atomic E-state index is -1.24. The zero-order valence-corrected chi connectivity index (χ0v) is 15.4. The first-order valence-corrected chi connectivity index (χ1v) is 9.00. The lowest BCUT2D eigenvalue weighted by atomic mass is 9.83. The summed E-state index contributed by atoms with van der Waals surface area (Å²) in [5, 5.41) is 9.16. The van der Waals surface area contributed by atoms with Crippen molar-refractivity contribution >= 4 is 11.9 Å². The molecule has 0 aliphatic carbocycles. The molecule has 0 N–H and O–H groups in total. The first kappa shape index (κ1) is 21.6. The maximum atomic E-state index is 13.2. The number of rotatable bonds is 11. The van der Waals surface area contributed by atoms with Crippen molar-refractivity contribution in [2.45, 2.75) is 51.9 Å². The van der Waals surface area contributed by atoms with Gasteiger partial charge in [0.1, 0.15) is 5.82 Å². The maximum Gasteiger partial charge on any atom is 0.320 e. The van der Waals surface area contributed by atoms with E-state index >= 15 is 0 Å². The van der Waals surface area contributed by atoms with Gasteiger partial charge in [0.2, 0.25) is 0 Å². The highest BCUT2D eigenvalue weighted by Crippen LogP contribution is 2.30. The predicted octanol–water partition coefficient (Wildman–Crippen LogP) is 4.13. The minimum absolute atomic E-state index is 0.0813. The summed E-state index contributed by atoms with van der Waals surface area (Å²) in [6.45, 7) is 4.33. The van der Waals surface area contributed by atoms with Crippen LogP contribution in [0.2, 0.25) is 0 Å². The molecule has 1 atom stereocenters. The third-order valence-electron chi connectivity index (χ3n) is 4.00. The molecule has 0 aliphatic rings. The van der Waals surface area contributed by atoms with Crippen LogP contribution in [0.4, 0.5) is 4.39 Å². The van der Waals surface area contributed by atoms with E-state index in [1.165, 1.54) is 24.3 Å². The van der Waals surface area contributed by atoms with Crippen LogP contribution in [-0.4, -0.2) is 25.2 Å². The number of hydrogen-bond donors (Lipinski definition) is 0. The Labute approximate surface area is 154 Å². The lowest BCUT2D eigenvalue weighted by molar-refractivity contribution is -0.163. The predicted molar refractivity (Wildman–Crippen MR) is 94.6 cm³/mol. The van der Waals surface area contributed by atoms with Crippen molar-refractivity contribution in [1.82, 2.24) is 0 Å². The van der Waals surface area contributed by atoms with Crippen molar-refractivity contribution in [2.75, 3.05) is 13.2 Å². The van der Waals surface area contributed by atoms with Crippen LogP contribution < -0.4 is 0 Å². The van der Waals surface area contributed by atoms with Crippen molar-refractivity contribution in [1.29, 1.82) is 5.26 Å². The van der Waals surface area contributed by atoms with Gasteiger partial charge in [0.25, 0.3) is 0 Å². The van der Waals surface area contributed by atoms with Gasteiger partial charge in [-0.3, -0.25) is 9.59 Å². The molecule has 1 aromatic rings. The van der Waals surface area contributed by atoms with Crippen LogP contribution in [0.3, 0.4) is 0 Å². The number of benzene rings is 1. The van der Waals surface area contributed by atoms with Gasteiger partial charge in [-0.05, 0) is 30.5 Å². The zero-order valence-electron chi connectivity index (χ0n) is 15.4. The highest BCUT2D eigenvalue weighted by Gasteiger charge is 2.38. The number of carbonyl (C=O) groups is 2. The van der Waals surface area contributed by atoms with E-state index < -0.39 is 29.6 Å². The van der Waals surface area contributed by atoms with Crippen LogP contribution in [0.25, 0.3) is 0 Å². The van der Waals surface area contributed by atoms with E-state index in [2.05, 4.69) is 0 Å². The number of ether oxygens (including phenoxy) is 2. The molecule has 1 aromatic carbocycles. The van der Waals surface area contributed by atoms with Gasteiger partial charge in [-0.2, -0.15) is 5.26 Å². The summed E-state index contributed by atoms with van der Waals surface area (Å²) in [7, 11) is 0. The number of halogens is 1. The van der Waals surface area contributed by atoms with Crippen LogP contribution in [0.1, 0.15) is 57.4 Å². The summed E-state index contributed by atoms with van der Waals surface area (Å²) >= 11 is 0. The highest BCUT2D eigenvalue weighted by atomic mass is 19.1. The standard InChI is InChI=1S/C20H26FNO4/c1-3-5-13-25-19(23)18(20(24)26-14-6-4-2)17(11-12-22)15-7-9-16(21)10-8-15/h7-10,17-18H,3-6,11,13-14H2,1-2H3. The minimum Gasteiger partial charge on any atom is -0.465 e. The summed E-state index contributed by atoms with van der Waals surface area (Å²) < 4.78 is 23.7. The number of nitriles is 1. The van der Waals surface area contributed by atoms with E-state index in [1.54, 1.807) is 0 Å². The molecular weight excluding hydrogens is 337 g/mol. The normalized spacial score (nSPS) is 11.7. The topological polar surface area (TPSA) is 76.4 Å². The molecule has 5 nitrogen and oxygen atoms in total. The monoisotopic (exact) mass is 363 g/mol. The van der Waals surface area contributed by atoms with Gasteiger partial charge in [-0.15, -0.1) is 0 Å². The number of carbonyl (C=O) groups excluding carboxylic acids is 2. The number of esters is 2. The molecule has 0 saturated carbocycles. The van der Waals surface area contributed by atoms with Gasteiger partial charge >= 0.3 is 11.9 Å². The summed E-state index contributed by atoms with van der Waals surface area (Å²) in [5.41, 5.74) is 0.526. The van der Waals surface area contributed by atoms with Crippen LogP contribution in [-0.2, 0) is 19.1 Å². The Kier molecular flexibility index (Phi) is 9.99. The molecule has 0 bridgehead atoms. The van der Waals surface area contributed by atoms with Crippen LogP contribution in [0, 0.1) is 23.1 Å². The van der Waals surface area contributed by atoms with Crippen LogP contribution in [0.15, 0.2) is 24.3 Å². The van der Waals surface area contributed by atoms with E-state index in [0.29, 0.717) is 18.4 Å². The first-order chi connectivity index (χ1) is 12.5. The fraction of sp³-hybridized carbons (Fsp3) is 0.550. The Hall–Kier alpha value is -2.42. The lowest BCUT2D eigenvalue weighted by Gasteiger charge is -2.23. The molecule has 6 heteroatoms. The molecule has 1 rings (SSSR count). The quantitative estimate of drug-likeness (QED) is 0.336. The second-order valence-electron chi connectivity index (χ2n) is 6.04. The zero-order chi connectivity index (χ0) is 19.4. The molecule has 1 unspecified atom stereocenters. The van der Waals surface area contributed by atoms with E-state index in [0.717, 1.165) is 12.8 Å². The molecule has 0 heterocycles. The SMILES string of the molecule is CCCCOC(=O)C(C(=O)OCCCC)C(CC#N)c1ccc(F)cc1. The van der Waals surface area contributed by atoms with E-state index in [9.17, 15) is 14.0 Å². The summed E-state index contributed by atoms with van der Waals surface area (Å²) in [6, 6.07) is 7.42. The molecule has 0 saturated heterocycles. The fourth-order valence-corrected chi connectivity index (χ4v) is 2.47. The second kappa shape index (κ2) is 12.0. The van der Waals surface area contributed by atoms with Crippen molar-refractivity contribution < 1.29 is 23.5 Å². The van der Waals surface area contributed by atoms with Gasteiger partial charge in [0, 0.05) is 12.3 Å². The Morgan fingerprint density at radius 1 is 1.04 bits per heavy atom. The smallest absolute Gasteiger partial charge is 0.320 e. The molecule has 26 heavy (non-hydrogen) atoms. The highest BCUT2D eigenvalue weighted by molar-refractivity contribution is 5.96. The molecule has 0 aromatic heterocycles. The summed E-state index contributed by atoms with van der Waals surface area (Å²) in [6.07, 6.45) is 2.98. The van der Waals surface area contributed by atoms with Crippen molar-refractivity contribution in [3.05, 3.63) is 35.6 Å². The van der Waals surface area contributed by atoms with Crippen LogP contribution in [0.5, 0.6) is 0 Å². The molecular formula is C20H26FNO4. The van der Waals surface area contributed by atoms with Gasteiger partial charge in [-0.25, -0.2) is 4.39 Å². The van der Waals surface area contributed by atoms with Crippen molar-refractivity contribution in [3.63, 3.8) is 0 Å². The maximum absolute atomic E-state index is 13.2. The Morgan fingerprint density at radius 2 is 1.54 bits per heavy atom. The third kappa shape index (κ3) is 6.83. The van der Waals surface area contributed by atoms with Gasteiger partial charge in [0.15, 0.2) is 5.92 Å². The van der Waals surface area contributed by atoms with E-state index in [-0.39, 0.29) is 19.6 Å². The largest absolute Gasteiger partial charge is 0.465 e. The average molecular weight is 363 g/mol. The molecule has 0 amide bonds. The number of hydrogen-bond acceptors (Lipinski definition) is 5. The molecule has 0 spiro atoms. The van der Waals surface area contributed by atoms with Gasteiger partial charge < -0.3 is 9.47 Å². The molecule has 142 valence electrons. The summed E-state index contributed by atoms with van der Waals surface area (Å²) in [4.78, 5) is 25.1. The number of unbranched alkanes of at least 4 members (excludes halogenated alkanes) is 2. The second-order valence-corrected chi connectivity index (χ2v) is 6.04. The molecule has 0 aliphatic heterocycles.